The second-order valence-corrected chi connectivity index (χ2v) is 3.85. The fraction of sp³-hybridized carbons (Fsp3) is 0.417. The number of nitriles is 1. The van der Waals surface area contributed by atoms with Crippen molar-refractivity contribution in [3.63, 3.8) is 0 Å². The third-order valence-electron chi connectivity index (χ3n) is 2.69. The summed E-state index contributed by atoms with van der Waals surface area (Å²) in [6.07, 6.45) is 0. The molecule has 0 bridgehead atoms. The zero-order valence-electron chi connectivity index (χ0n) is 9.45. The zero-order chi connectivity index (χ0) is 12.1. The van der Waals surface area contributed by atoms with Gasteiger partial charge in [0.25, 0.3) is 0 Å². The Bertz CT molecular complexity index is 424. The van der Waals surface area contributed by atoms with Gasteiger partial charge in [0.1, 0.15) is 5.82 Å². The SMILES string of the molecule is N#Cc1ccc(CNN2CCOCC2)c(F)c1. The third kappa shape index (κ3) is 3.24. The van der Waals surface area contributed by atoms with Gasteiger partial charge >= 0.3 is 0 Å². The van der Waals surface area contributed by atoms with Crippen LogP contribution in [0.25, 0.3) is 0 Å². The van der Waals surface area contributed by atoms with Crippen molar-refractivity contribution in [2.75, 3.05) is 26.3 Å². The van der Waals surface area contributed by atoms with Gasteiger partial charge in [0.05, 0.1) is 24.8 Å². The van der Waals surface area contributed by atoms with Gasteiger partial charge < -0.3 is 4.74 Å². The molecule has 0 aromatic heterocycles. The molecule has 1 aliphatic rings. The highest BCUT2D eigenvalue weighted by molar-refractivity contribution is 5.32. The van der Waals surface area contributed by atoms with Crippen LogP contribution < -0.4 is 5.43 Å². The molecule has 0 amide bonds. The number of morpholine rings is 1. The van der Waals surface area contributed by atoms with E-state index in [1.54, 1.807) is 12.1 Å². The maximum atomic E-state index is 13.6. The molecule has 17 heavy (non-hydrogen) atoms. The quantitative estimate of drug-likeness (QED) is 0.850. The molecule has 1 aromatic rings. The summed E-state index contributed by atoms with van der Waals surface area (Å²) >= 11 is 0. The minimum Gasteiger partial charge on any atom is -0.379 e. The van der Waals surface area contributed by atoms with E-state index in [4.69, 9.17) is 10.00 Å². The van der Waals surface area contributed by atoms with Crippen molar-refractivity contribution in [1.82, 2.24) is 10.4 Å². The van der Waals surface area contributed by atoms with Crippen LogP contribution in [-0.2, 0) is 11.3 Å². The molecule has 1 saturated heterocycles. The second kappa shape index (κ2) is 5.73. The molecule has 0 unspecified atom stereocenters. The van der Waals surface area contributed by atoms with Crippen LogP contribution in [0.2, 0.25) is 0 Å². The lowest BCUT2D eigenvalue weighted by Crippen LogP contribution is -2.45. The van der Waals surface area contributed by atoms with Gasteiger partial charge in [-0.2, -0.15) is 5.26 Å². The molecule has 1 aromatic carbocycles. The first-order chi connectivity index (χ1) is 8.29. The first-order valence-corrected chi connectivity index (χ1v) is 5.54. The number of hydrazine groups is 1. The summed E-state index contributed by atoms with van der Waals surface area (Å²) < 4.78 is 18.8. The van der Waals surface area contributed by atoms with Crippen LogP contribution in [0.1, 0.15) is 11.1 Å². The van der Waals surface area contributed by atoms with Gasteiger partial charge in [0.2, 0.25) is 0 Å². The van der Waals surface area contributed by atoms with E-state index in [2.05, 4.69) is 5.43 Å². The summed E-state index contributed by atoms with van der Waals surface area (Å²) in [5, 5.41) is 10.6. The molecule has 0 radical (unpaired) electrons. The van der Waals surface area contributed by atoms with E-state index in [0.29, 0.717) is 30.9 Å². The van der Waals surface area contributed by atoms with Crippen LogP contribution in [-0.4, -0.2) is 31.3 Å². The molecule has 2 rings (SSSR count). The van der Waals surface area contributed by atoms with Crippen molar-refractivity contribution < 1.29 is 9.13 Å². The maximum absolute atomic E-state index is 13.6. The van der Waals surface area contributed by atoms with Gasteiger partial charge in [-0.25, -0.2) is 9.40 Å². The minimum atomic E-state index is -0.343. The van der Waals surface area contributed by atoms with E-state index in [1.165, 1.54) is 6.07 Å². The summed E-state index contributed by atoms with van der Waals surface area (Å²) in [4.78, 5) is 0. The van der Waals surface area contributed by atoms with Crippen LogP contribution in [0.15, 0.2) is 18.2 Å². The lowest BCUT2D eigenvalue weighted by molar-refractivity contribution is 0.0104. The van der Waals surface area contributed by atoms with Gasteiger partial charge in [-0.1, -0.05) is 6.07 Å². The largest absolute Gasteiger partial charge is 0.379 e. The van der Waals surface area contributed by atoms with Crippen LogP contribution in [0.3, 0.4) is 0 Å². The lowest BCUT2D eigenvalue weighted by Gasteiger charge is -2.27. The summed E-state index contributed by atoms with van der Waals surface area (Å²) in [7, 11) is 0. The highest BCUT2D eigenvalue weighted by Crippen LogP contribution is 2.10. The molecular weight excluding hydrogens is 221 g/mol. The highest BCUT2D eigenvalue weighted by atomic mass is 19.1. The number of rotatable bonds is 3. The van der Waals surface area contributed by atoms with Crippen molar-refractivity contribution in [1.29, 1.82) is 5.26 Å². The summed E-state index contributed by atoms with van der Waals surface area (Å²) in [6, 6.07) is 6.44. The minimum absolute atomic E-state index is 0.343. The van der Waals surface area contributed by atoms with Crippen molar-refractivity contribution in [3.8, 4) is 6.07 Å². The van der Waals surface area contributed by atoms with E-state index in [1.807, 2.05) is 11.1 Å². The zero-order valence-corrected chi connectivity index (χ0v) is 9.45. The molecule has 0 saturated carbocycles. The fourth-order valence-electron chi connectivity index (χ4n) is 1.68. The molecule has 0 atom stereocenters. The van der Waals surface area contributed by atoms with Gasteiger partial charge in [0, 0.05) is 25.2 Å². The average molecular weight is 235 g/mol. The number of hydrogen-bond donors (Lipinski definition) is 1. The second-order valence-electron chi connectivity index (χ2n) is 3.85. The molecule has 4 nitrogen and oxygen atoms in total. The Labute approximate surface area is 99.6 Å². The van der Waals surface area contributed by atoms with Crippen LogP contribution in [0.4, 0.5) is 4.39 Å². The van der Waals surface area contributed by atoms with Crippen LogP contribution in [0.5, 0.6) is 0 Å². The fourth-order valence-corrected chi connectivity index (χ4v) is 1.68. The number of hydrogen-bond acceptors (Lipinski definition) is 4. The van der Waals surface area contributed by atoms with Gasteiger partial charge in [-0.3, -0.25) is 5.43 Å². The Hall–Kier alpha value is -1.48. The summed E-state index contributed by atoms with van der Waals surface area (Å²) in [6.45, 7) is 3.43. The third-order valence-corrected chi connectivity index (χ3v) is 2.69. The van der Waals surface area contributed by atoms with E-state index >= 15 is 0 Å². The summed E-state index contributed by atoms with van der Waals surface area (Å²) in [5.41, 5.74) is 4.06. The van der Waals surface area contributed by atoms with Gasteiger partial charge in [-0.05, 0) is 12.1 Å². The Kier molecular flexibility index (Phi) is 4.04. The average Bonchev–Trinajstić information content (AvgIpc) is 2.38. The van der Waals surface area contributed by atoms with E-state index in [0.717, 1.165) is 13.1 Å². The Morgan fingerprint density at radius 2 is 2.18 bits per heavy atom. The van der Waals surface area contributed by atoms with Gasteiger partial charge in [-0.15, -0.1) is 0 Å². The molecular formula is C12H14FN3O. The summed E-state index contributed by atoms with van der Waals surface area (Å²) in [5.74, 6) is -0.343. The molecule has 1 fully saturated rings. The van der Waals surface area contributed by atoms with Crippen molar-refractivity contribution >= 4 is 0 Å². The predicted octanol–water partition coefficient (Wildman–Crippen LogP) is 1.03. The van der Waals surface area contributed by atoms with Crippen LogP contribution in [0, 0.1) is 17.1 Å². The smallest absolute Gasteiger partial charge is 0.129 e. The number of nitrogens with one attached hydrogen (secondary N) is 1. The number of halogens is 1. The molecule has 0 spiro atoms. The van der Waals surface area contributed by atoms with Crippen molar-refractivity contribution in [2.24, 2.45) is 0 Å². The molecule has 5 heteroatoms. The monoisotopic (exact) mass is 235 g/mol. The number of benzene rings is 1. The standard InChI is InChI=1S/C12H14FN3O/c13-12-7-10(8-14)1-2-11(12)9-15-16-3-5-17-6-4-16/h1-2,7,15H,3-6,9H2. The first kappa shape index (κ1) is 12.0. The predicted molar refractivity (Wildman–Crippen MR) is 60.3 cm³/mol. The molecule has 90 valence electrons. The van der Waals surface area contributed by atoms with E-state index in [9.17, 15) is 4.39 Å². The lowest BCUT2D eigenvalue weighted by atomic mass is 10.1. The van der Waals surface area contributed by atoms with E-state index in [-0.39, 0.29) is 5.82 Å². The topological polar surface area (TPSA) is 48.3 Å². The van der Waals surface area contributed by atoms with Crippen molar-refractivity contribution in [3.05, 3.63) is 35.1 Å². The Balaban J connectivity index is 1.92. The highest BCUT2D eigenvalue weighted by Gasteiger charge is 2.10. The van der Waals surface area contributed by atoms with E-state index < -0.39 is 0 Å². The number of ether oxygens (including phenoxy) is 1. The molecule has 0 aliphatic carbocycles. The maximum Gasteiger partial charge on any atom is 0.129 e. The number of nitrogens with zero attached hydrogens (tertiary/aromatic N) is 2. The van der Waals surface area contributed by atoms with Crippen LogP contribution >= 0.6 is 0 Å². The molecule has 1 N–H and O–H groups in total. The Morgan fingerprint density at radius 1 is 1.41 bits per heavy atom. The first-order valence-electron chi connectivity index (χ1n) is 5.54. The normalized spacial score (nSPS) is 16.7. The van der Waals surface area contributed by atoms with Gasteiger partial charge in [0.15, 0.2) is 0 Å². The molecule has 1 heterocycles. The van der Waals surface area contributed by atoms with Crippen molar-refractivity contribution in [2.45, 2.75) is 6.54 Å². The molecule has 1 aliphatic heterocycles. The Morgan fingerprint density at radius 3 is 2.82 bits per heavy atom.